The molecule has 2 aromatic carbocycles. The SMILES string of the molecule is CC(C(=O)OCc1ccccc1)N1CCC(C(CN=C=O)OC(C)(C)C)=CC(Cc2ccccc2)C1=O. The van der Waals surface area contributed by atoms with E-state index >= 15 is 0 Å². The summed E-state index contributed by atoms with van der Waals surface area (Å²) in [4.78, 5) is 43.0. The number of rotatable bonds is 10. The number of carbonyl (C=O) groups is 2. The largest absolute Gasteiger partial charge is 0.459 e. The van der Waals surface area contributed by atoms with Crippen LogP contribution in [0.1, 0.15) is 45.2 Å². The monoisotopic (exact) mass is 504 g/mol. The Labute approximate surface area is 219 Å². The Bertz CT molecular complexity index is 1120. The molecule has 3 rings (SSSR count). The molecular formula is C30H36N2O5. The molecule has 2 aromatic rings. The summed E-state index contributed by atoms with van der Waals surface area (Å²) in [6.07, 6.45) is 4.02. The molecule has 0 fully saturated rings. The van der Waals surface area contributed by atoms with Crippen LogP contribution in [-0.2, 0) is 36.9 Å². The van der Waals surface area contributed by atoms with Gasteiger partial charge < -0.3 is 14.4 Å². The average Bonchev–Trinajstić information content (AvgIpc) is 3.04. The second kappa shape index (κ2) is 13.1. The minimum atomic E-state index is -0.753. The normalized spacial score (nSPS) is 17.7. The van der Waals surface area contributed by atoms with Crippen molar-refractivity contribution in [2.24, 2.45) is 10.9 Å². The summed E-state index contributed by atoms with van der Waals surface area (Å²) < 4.78 is 11.8. The van der Waals surface area contributed by atoms with Crippen LogP contribution in [0.15, 0.2) is 77.3 Å². The van der Waals surface area contributed by atoms with Crippen molar-refractivity contribution in [2.45, 2.75) is 64.9 Å². The lowest BCUT2D eigenvalue weighted by Crippen LogP contribution is -2.46. The fraction of sp³-hybridized carbons (Fsp3) is 0.433. The Hall–Kier alpha value is -3.54. The fourth-order valence-electron chi connectivity index (χ4n) is 4.41. The minimum absolute atomic E-state index is 0.119. The molecule has 0 saturated carbocycles. The smallest absolute Gasteiger partial charge is 0.328 e. The van der Waals surface area contributed by atoms with Crippen LogP contribution in [0.5, 0.6) is 0 Å². The van der Waals surface area contributed by atoms with E-state index in [1.807, 2.05) is 87.5 Å². The van der Waals surface area contributed by atoms with Gasteiger partial charge in [0.05, 0.1) is 24.2 Å². The first-order valence-corrected chi connectivity index (χ1v) is 12.6. The van der Waals surface area contributed by atoms with E-state index in [-0.39, 0.29) is 19.1 Å². The van der Waals surface area contributed by atoms with E-state index in [0.29, 0.717) is 19.4 Å². The van der Waals surface area contributed by atoms with Gasteiger partial charge in [-0.2, -0.15) is 0 Å². The standard InChI is InChI=1S/C30H36N2O5/c1-22(29(35)36-20-24-13-9-6-10-14-24)32-16-15-25(27(19-31-21-33)37-30(2,3)4)18-26(28(32)34)17-23-11-7-5-8-12-23/h5-14,18,22,26-27H,15-17,19-20H2,1-4H3. The number of amides is 1. The number of esters is 1. The van der Waals surface area contributed by atoms with E-state index < -0.39 is 29.6 Å². The van der Waals surface area contributed by atoms with E-state index in [4.69, 9.17) is 9.47 Å². The van der Waals surface area contributed by atoms with Crippen LogP contribution in [0.25, 0.3) is 0 Å². The molecule has 3 atom stereocenters. The Morgan fingerprint density at radius 1 is 1.08 bits per heavy atom. The van der Waals surface area contributed by atoms with E-state index in [2.05, 4.69) is 4.99 Å². The van der Waals surface area contributed by atoms with Crippen molar-refractivity contribution in [2.75, 3.05) is 13.1 Å². The first-order chi connectivity index (χ1) is 17.7. The second-order valence-electron chi connectivity index (χ2n) is 10.2. The second-order valence-corrected chi connectivity index (χ2v) is 10.2. The molecule has 3 unspecified atom stereocenters. The van der Waals surface area contributed by atoms with Crippen LogP contribution in [0.4, 0.5) is 0 Å². The molecule has 37 heavy (non-hydrogen) atoms. The van der Waals surface area contributed by atoms with E-state index in [0.717, 1.165) is 16.7 Å². The van der Waals surface area contributed by atoms with Crippen molar-refractivity contribution in [3.63, 3.8) is 0 Å². The quantitative estimate of drug-likeness (QED) is 0.203. The summed E-state index contributed by atoms with van der Waals surface area (Å²) >= 11 is 0. The van der Waals surface area contributed by atoms with Gasteiger partial charge in [0.1, 0.15) is 12.6 Å². The Morgan fingerprint density at radius 2 is 1.70 bits per heavy atom. The van der Waals surface area contributed by atoms with E-state index in [1.165, 1.54) is 0 Å². The van der Waals surface area contributed by atoms with Crippen LogP contribution >= 0.6 is 0 Å². The zero-order chi connectivity index (χ0) is 26.8. The Morgan fingerprint density at radius 3 is 2.30 bits per heavy atom. The molecule has 0 aliphatic carbocycles. The number of ether oxygens (including phenoxy) is 2. The molecule has 0 aromatic heterocycles. The van der Waals surface area contributed by atoms with Gasteiger partial charge in [0.2, 0.25) is 12.0 Å². The molecule has 196 valence electrons. The average molecular weight is 505 g/mol. The first kappa shape index (κ1) is 28.0. The van der Waals surface area contributed by atoms with Gasteiger partial charge in [0.25, 0.3) is 0 Å². The fourth-order valence-corrected chi connectivity index (χ4v) is 4.41. The third-order valence-corrected chi connectivity index (χ3v) is 6.22. The molecule has 0 radical (unpaired) electrons. The van der Waals surface area contributed by atoms with Gasteiger partial charge in [-0.3, -0.25) is 4.79 Å². The predicted molar refractivity (Wildman–Crippen MR) is 141 cm³/mol. The van der Waals surface area contributed by atoms with E-state index in [9.17, 15) is 14.4 Å². The topological polar surface area (TPSA) is 85.3 Å². The minimum Gasteiger partial charge on any atom is -0.459 e. The molecule has 1 aliphatic rings. The van der Waals surface area contributed by atoms with Crippen molar-refractivity contribution < 1.29 is 23.9 Å². The summed E-state index contributed by atoms with van der Waals surface area (Å²) in [6.45, 7) is 8.10. The van der Waals surface area contributed by atoms with Gasteiger partial charge in [-0.25, -0.2) is 14.6 Å². The molecule has 1 amide bonds. The highest BCUT2D eigenvalue weighted by molar-refractivity contribution is 5.87. The molecule has 1 heterocycles. The number of carbonyl (C=O) groups excluding carboxylic acids is 3. The number of aliphatic imine (C=N–C) groups is 1. The molecule has 1 aliphatic heterocycles. The van der Waals surface area contributed by atoms with Crippen LogP contribution in [0.3, 0.4) is 0 Å². The maximum absolute atomic E-state index is 13.8. The van der Waals surface area contributed by atoms with Crippen molar-refractivity contribution in [1.29, 1.82) is 0 Å². The maximum atomic E-state index is 13.8. The lowest BCUT2D eigenvalue weighted by Gasteiger charge is -2.29. The van der Waals surface area contributed by atoms with Gasteiger partial charge in [-0.05, 0) is 57.2 Å². The molecule has 0 bridgehead atoms. The van der Waals surface area contributed by atoms with Gasteiger partial charge in [-0.1, -0.05) is 66.7 Å². The van der Waals surface area contributed by atoms with Crippen LogP contribution in [0, 0.1) is 5.92 Å². The summed E-state index contributed by atoms with van der Waals surface area (Å²) in [5, 5.41) is 0. The first-order valence-electron chi connectivity index (χ1n) is 12.6. The molecule has 7 nitrogen and oxygen atoms in total. The Balaban J connectivity index is 1.85. The van der Waals surface area contributed by atoms with E-state index in [1.54, 1.807) is 17.9 Å². The third kappa shape index (κ3) is 8.52. The third-order valence-electron chi connectivity index (χ3n) is 6.22. The highest BCUT2D eigenvalue weighted by Crippen LogP contribution is 2.28. The summed E-state index contributed by atoms with van der Waals surface area (Å²) in [6, 6.07) is 18.5. The summed E-state index contributed by atoms with van der Waals surface area (Å²) in [5.41, 5.74) is 2.30. The molecule has 0 saturated heterocycles. The van der Waals surface area contributed by atoms with Crippen molar-refractivity contribution >= 4 is 18.0 Å². The van der Waals surface area contributed by atoms with Crippen molar-refractivity contribution in [3.05, 3.63) is 83.4 Å². The highest BCUT2D eigenvalue weighted by atomic mass is 16.5. The van der Waals surface area contributed by atoms with Gasteiger partial charge in [-0.15, -0.1) is 0 Å². The zero-order valence-electron chi connectivity index (χ0n) is 22.1. The van der Waals surface area contributed by atoms with Crippen LogP contribution < -0.4 is 0 Å². The molecular weight excluding hydrogens is 468 g/mol. The number of nitrogens with zero attached hydrogens (tertiary/aromatic N) is 2. The van der Waals surface area contributed by atoms with Crippen LogP contribution in [0.2, 0.25) is 0 Å². The van der Waals surface area contributed by atoms with Crippen molar-refractivity contribution in [1.82, 2.24) is 4.90 Å². The number of hydrogen-bond acceptors (Lipinski definition) is 6. The lowest BCUT2D eigenvalue weighted by molar-refractivity contribution is -0.156. The summed E-state index contributed by atoms with van der Waals surface area (Å²) in [7, 11) is 0. The Kier molecular flexibility index (Phi) is 9.95. The van der Waals surface area contributed by atoms with Gasteiger partial charge in [0, 0.05) is 6.54 Å². The van der Waals surface area contributed by atoms with Crippen LogP contribution in [-0.4, -0.2) is 53.7 Å². The highest BCUT2D eigenvalue weighted by Gasteiger charge is 2.35. The van der Waals surface area contributed by atoms with Crippen molar-refractivity contribution in [3.8, 4) is 0 Å². The molecule has 0 spiro atoms. The predicted octanol–water partition coefficient (Wildman–Crippen LogP) is 4.66. The lowest BCUT2D eigenvalue weighted by atomic mass is 9.94. The molecule has 7 heteroatoms. The number of hydrogen-bond donors (Lipinski definition) is 0. The zero-order valence-corrected chi connectivity index (χ0v) is 22.1. The summed E-state index contributed by atoms with van der Waals surface area (Å²) in [5.74, 6) is -1.10. The number of isocyanates is 1. The molecule has 0 N–H and O–H groups in total. The van der Waals surface area contributed by atoms with Gasteiger partial charge >= 0.3 is 5.97 Å². The van der Waals surface area contributed by atoms with Gasteiger partial charge in [0.15, 0.2) is 0 Å². The maximum Gasteiger partial charge on any atom is 0.328 e. The number of benzene rings is 2.